The van der Waals surface area contributed by atoms with E-state index in [-0.39, 0.29) is 18.7 Å². The van der Waals surface area contributed by atoms with Crippen molar-refractivity contribution >= 4 is 11.9 Å². The first-order valence-corrected chi connectivity index (χ1v) is 7.03. The number of carbonyl (C=O) groups excluding carboxylic acids is 1. The molecule has 0 radical (unpaired) electrons. The third-order valence-corrected chi connectivity index (χ3v) is 3.08. The number of amides is 1. The fourth-order valence-corrected chi connectivity index (χ4v) is 2.14. The summed E-state index contributed by atoms with van der Waals surface area (Å²) in [6.07, 6.45) is 1.96. The molecule has 116 valence electrons. The highest BCUT2D eigenvalue weighted by Gasteiger charge is 2.29. The Morgan fingerprint density at radius 3 is 2.95 bits per heavy atom. The minimum atomic E-state index is -0.481. The summed E-state index contributed by atoms with van der Waals surface area (Å²) in [5.41, 5.74) is 0.0835. The predicted octanol–water partition coefficient (Wildman–Crippen LogP) is 1.39. The molecule has 2 rings (SSSR count). The van der Waals surface area contributed by atoms with Gasteiger partial charge < -0.3 is 20.1 Å². The summed E-state index contributed by atoms with van der Waals surface area (Å²) >= 11 is 0. The smallest absolute Gasteiger partial charge is 0.410 e. The molecule has 1 unspecified atom stereocenters. The Labute approximate surface area is 124 Å². The molecule has 21 heavy (non-hydrogen) atoms. The number of aliphatic hydroxyl groups excluding tert-OH is 1. The number of nitrogens with one attached hydrogen (secondary N) is 1. The number of ether oxygens (including phenoxy) is 1. The van der Waals surface area contributed by atoms with Crippen molar-refractivity contribution in [2.75, 3.05) is 18.4 Å². The first kappa shape index (κ1) is 15.5. The van der Waals surface area contributed by atoms with Gasteiger partial charge in [-0.15, -0.1) is 0 Å². The molecule has 1 fully saturated rings. The zero-order valence-electron chi connectivity index (χ0n) is 12.7. The number of aromatic nitrogens is 2. The van der Waals surface area contributed by atoms with E-state index in [1.807, 2.05) is 20.8 Å². The van der Waals surface area contributed by atoms with Gasteiger partial charge >= 0.3 is 6.09 Å². The second kappa shape index (κ2) is 6.26. The average molecular weight is 294 g/mol. The van der Waals surface area contributed by atoms with Gasteiger partial charge in [0.05, 0.1) is 12.3 Å². The summed E-state index contributed by atoms with van der Waals surface area (Å²) in [6, 6.07) is 1.83. The van der Waals surface area contributed by atoms with Gasteiger partial charge in [0.1, 0.15) is 17.7 Å². The van der Waals surface area contributed by atoms with Crippen molar-refractivity contribution in [3.05, 3.63) is 18.1 Å². The summed E-state index contributed by atoms with van der Waals surface area (Å²) in [6.45, 7) is 6.68. The number of aliphatic hydroxyl groups is 1. The Balaban J connectivity index is 1.89. The summed E-state index contributed by atoms with van der Waals surface area (Å²) in [7, 11) is 0. The van der Waals surface area contributed by atoms with Crippen LogP contribution in [0.3, 0.4) is 0 Å². The van der Waals surface area contributed by atoms with Gasteiger partial charge in [-0.25, -0.2) is 14.8 Å². The molecule has 7 nitrogen and oxygen atoms in total. The van der Waals surface area contributed by atoms with Crippen LogP contribution in [0.1, 0.15) is 32.9 Å². The Hall–Kier alpha value is -1.89. The van der Waals surface area contributed by atoms with Gasteiger partial charge in [0.25, 0.3) is 0 Å². The highest BCUT2D eigenvalue weighted by Crippen LogP contribution is 2.18. The molecule has 1 aliphatic rings. The highest BCUT2D eigenvalue weighted by atomic mass is 16.6. The van der Waals surface area contributed by atoms with Gasteiger partial charge in [0.15, 0.2) is 0 Å². The number of carbonyl (C=O) groups is 1. The molecule has 0 aromatic carbocycles. The van der Waals surface area contributed by atoms with Gasteiger partial charge in [-0.1, -0.05) is 0 Å². The molecule has 7 heteroatoms. The lowest BCUT2D eigenvalue weighted by Gasteiger charge is -2.24. The van der Waals surface area contributed by atoms with Crippen LogP contribution in [-0.2, 0) is 11.3 Å². The molecule has 2 N–H and O–H groups in total. The molecule has 0 aliphatic carbocycles. The fraction of sp³-hybridized carbons (Fsp3) is 0.643. The van der Waals surface area contributed by atoms with Gasteiger partial charge in [-0.3, -0.25) is 0 Å². The Bertz CT molecular complexity index is 501. The zero-order chi connectivity index (χ0) is 15.5. The first-order chi connectivity index (χ1) is 9.87. The summed E-state index contributed by atoms with van der Waals surface area (Å²) < 4.78 is 5.36. The number of likely N-dealkylation sites (tertiary alicyclic amines) is 1. The third-order valence-electron chi connectivity index (χ3n) is 3.08. The van der Waals surface area contributed by atoms with Crippen LogP contribution in [0.2, 0.25) is 0 Å². The molecule has 1 saturated heterocycles. The van der Waals surface area contributed by atoms with E-state index < -0.39 is 5.60 Å². The standard InChI is InChI=1S/C14H22N4O3/c1-14(2,3)21-13(20)18-5-4-10(7-18)17-12-6-11(8-19)15-9-16-12/h6,9-10,19H,4-5,7-8H2,1-3H3,(H,15,16,17). The predicted molar refractivity (Wildman–Crippen MR) is 77.8 cm³/mol. The summed E-state index contributed by atoms with van der Waals surface area (Å²) in [4.78, 5) is 21.7. The van der Waals surface area contributed by atoms with Crippen LogP contribution in [0.15, 0.2) is 12.4 Å². The number of hydrogen-bond donors (Lipinski definition) is 2. The molecule has 0 spiro atoms. The molecule has 2 heterocycles. The molecule has 1 aliphatic heterocycles. The second-order valence-corrected chi connectivity index (χ2v) is 6.11. The van der Waals surface area contributed by atoms with Gasteiger partial charge in [-0.2, -0.15) is 0 Å². The largest absolute Gasteiger partial charge is 0.444 e. The molecular formula is C14H22N4O3. The van der Waals surface area contributed by atoms with E-state index in [2.05, 4.69) is 15.3 Å². The van der Waals surface area contributed by atoms with Gasteiger partial charge in [-0.05, 0) is 27.2 Å². The number of nitrogens with zero attached hydrogens (tertiary/aromatic N) is 3. The number of anilines is 1. The minimum absolute atomic E-state index is 0.119. The molecule has 0 bridgehead atoms. The van der Waals surface area contributed by atoms with Crippen LogP contribution in [0, 0.1) is 0 Å². The molecule has 1 atom stereocenters. The number of rotatable bonds is 3. The summed E-state index contributed by atoms with van der Waals surface area (Å²) in [5.74, 6) is 0.657. The molecule has 0 saturated carbocycles. The Morgan fingerprint density at radius 1 is 1.52 bits per heavy atom. The first-order valence-electron chi connectivity index (χ1n) is 7.03. The quantitative estimate of drug-likeness (QED) is 0.876. The van der Waals surface area contributed by atoms with E-state index in [9.17, 15) is 4.79 Å². The van der Waals surface area contributed by atoms with E-state index in [0.29, 0.717) is 24.6 Å². The number of hydrogen-bond acceptors (Lipinski definition) is 6. The maximum Gasteiger partial charge on any atom is 0.410 e. The second-order valence-electron chi connectivity index (χ2n) is 6.11. The van der Waals surface area contributed by atoms with Crippen LogP contribution in [0.5, 0.6) is 0 Å². The van der Waals surface area contributed by atoms with Crippen molar-refractivity contribution < 1.29 is 14.6 Å². The van der Waals surface area contributed by atoms with Crippen LogP contribution >= 0.6 is 0 Å². The van der Waals surface area contributed by atoms with Crippen LogP contribution in [-0.4, -0.2) is 50.8 Å². The van der Waals surface area contributed by atoms with Gasteiger partial charge in [0, 0.05) is 25.2 Å². The van der Waals surface area contributed by atoms with Crippen molar-refractivity contribution in [3.8, 4) is 0 Å². The van der Waals surface area contributed by atoms with Crippen molar-refractivity contribution in [2.24, 2.45) is 0 Å². The fourth-order valence-electron chi connectivity index (χ4n) is 2.14. The lowest BCUT2D eigenvalue weighted by molar-refractivity contribution is 0.0293. The van der Waals surface area contributed by atoms with Crippen LogP contribution in [0.4, 0.5) is 10.6 Å². The van der Waals surface area contributed by atoms with E-state index in [0.717, 1.165) is 6.42 Å². The third kappa shape index (κ3) is 4.56. The molecule has 1 aromatic rings. The highest BCUT2D eigenvalue weighted by molar-refractivity contribution is 5.68. The van der Waals surface area contributed by atoms with Crippen molar-refractivity contribution in [3.63, 3.8) is 0 Å². The lowest BCUT2D eigenvalue weighted by Crippen LogP contribution is -2.36. The normalized spacial score (nSPS) is 18.7. The Kier molecular flexibility index (Phi) is 4.62. The van der Waals surface area contributed by atoms with E-state index in [1.54, 1.807) is 11.0 Å². The van der Waals surface area contributed by atoms with Gasteiger partial charge in [0.2, 0.25) is 0 Å². The van der Waals surface area contributed by atoms with Crippen molar-refractivity contribution in [1.29, 1.82) is 0 Å². The minimum Gasteiger partial charge on any atom is -0.444 e. The van der Waals surface area contributed by atoms with E-state index in [1.165, 1.54) is 6.33 Å². The maximum atomic E-state index is 12.0. The summed E-state index contributed by atoms with van der Waals surface area (Å²) in [5, 5.41) is 12.3. The lowest BCUT2D eigenvalue weighted by atomic mass is 10.2. The van der Waals surface area contributed by atoms with E-state index in [4.69, 9.17) is 9.84 Å². The molecule has 1 aromatic heterocycles. The zero-order valence-corrected chi connectivity index (χ0v) is 12.7. The SMILES string of the molecule is CC(C)(C)OC(=O)N1CCC(Nc2cc(CO)ncn2)C1. The molecule has 1 amide bonds. The van der Waals surface area contributed by atoms with Crippen LogP contribution < -0.4 is 5.32 Å². The maximum absolute atomic E-state index is 12.0. The topological polar surface area (TPSA) is 87.6 Å². The van der Waals surface area contributed by atoms with Crippen LogP contribution in [0.25, 0.3) is 0 Å². The van der Waals surface area contributed by atoms with Crippen molar-refractivity contribution in [1.82, 2.24) is 14.9 Å². The van der Waals surface area contributed by atoms with Crippen molar-refractivity contribution in [2.45, 2.75) is 45.4 Å². The molecular weight excluding hydrogens is 272 g/mol. The van der Waals surface area contributed by atoms with E-state index >= 15 is 0 Å². The Morgan fingerprint density at radius 2 is 2.29 bits per heavy atom. The monoisotopic (exact) mass is 294 g/mol. The average Bonchev–Trinajstić information content (AvgIpc) is 2.85.